The lowest BCUT2D eigenvalue weighted by atomic mass is 10.0. The number of amides is 1. The van der Waals surface area contributed by atoms with E-state index in [1.54, 1.807) is 6.21 Å². The van der Waals surface area contributed by atoms with E-state index in [9.17, 15) is 4.79 Å². The summed E-state index contributed by atoms with van der Waals surface area (Å²) in [6.45, 7) is 2.05. The predicted molar refractivity (Wildman–Crippen MR) is 111 cm³/mol. The fraction of sp³-hybridized carbons (Fsp3) is 0.130. The van der Waals surface area contributed by atoms with Crippen molar-refractivity contribution in [2.24, 2.45) is 12.1 Å². The Labute approximate surface area is 158 Å². The second kappa shape index (κ2) is 7.08. The van der Waals surface area contributed by atoms with Gasteiger partial charge in [-0.1, -0.05) is 60.7 Å². The van der Waals surface area contributed by atoms with Gasteiger partial charge in [0.2, 0.25) is 5.91 Å². The summed E-state index contributed by atoms with van der Waals surface area (Å²) >= 11 is 0. The first-order valence-electron chi connectivity index (χ1n) is 8.97. The van der Waals surface area contributed by atoms with Gasteiger partial charge < -0.3 is 4.57 Å². The van der Waals surface area contributed by atoms with Gasteiger partial charge in [-0.3, -0.25) is 4.79 Å². The molecular weight excluding hydrogens is 334 g/mol. The van der Waals surface area contributed by atoms with Gasteiger partial charge in [0, 0.05) is 29.2 Å². The van der Waals surface area contributed by atoms with Crippen LogP contribution < -0.4 is 5.43 Å². The molecule has 0 aliphatic rings. The van der Waals surface area contributed by atoms with Crippen LogP contribution in [0.1, 0.15) is 16.8 Å². The highest BCUT2D eigenvalue weighted by Crippen LogP contribution is 2.23. The lowest BCUT2D eigenvalue weighted by Gasteiger charge is -2.05. The zero-order valence-electron chi connectivity index (χ0n) is 15.4. The molecule has 0 saturated heterocycles. The third-order valence-corrected chi connectivity index (χ3v) is 5.06. The molecule has 1 N–H and O–H groups in total. The molecule has 4 heteroatoms. The molecule has 4 rings (SSSR count). The number of carbonyl (C=O) groups is 1. The van der Waals surface area contributed by atoms with Gasteiger partial charge in [0.25, 0.3) is 0 Å². The summed E-state index contributed by atoms with van der Waals surface area (Å²) in [6, 6.07) is 22.3. The van der Waals surface area contributed by atoms with Gasteiger partial charge in [-0.15, -0.1) is 0 Å². The van der Waals surface area contributed by atoms with Crippen molar-refractivity contribution in [1.29, 1.82) is 0 Å². The molecule has 1 aromatic heterocycles. The number of nitrogens with one attached hydrogen (secondary N) is 1. The van der Waals surface area contributed by atoms with Gasteiger partial charge in [0.05, 0.1) is 12.6 Å². The largest absolute Gasteiger partial charge is 0.347 e. The van der Waals surface area contributed by atoms with Crippen LogP contribution in [0.3, 0.4) is 0 Å². The summed E-state index contributed by atoms with van der Waals surface area (Å²) < 4.78 is 2.13. The molecular formula is C23H21N3O. The van der Waals surface area contributed by atoms with E-state index in [1.165, 1.54) is 0 Å². The smallest absolute Gasteiger partial charge is 0.244 e. The predicted octanol–water partition coefficient (Wildman–Crippen LogP) is 4.33. The molecule has 4 nitrogen and oxygen atoms in total. The summed E-state index contributed by atoms with van der Waals surface area (Å²) in [4.78, 5) is 12.4. The Hall–Kier alpha value is -3.40. The van der Waals surface area contributed by atoms with Crippen LogP contribution in [-0.4, -0.2) is 16.7 Å². The van der Waals surface area contributed by atoms with E-state index in [2.05, 4.69) is 46.3 Å². The molecule has 1 heterocycles. The Kier molecular flexibility index (Phi) is 4.47. The number of para-hydroxylation sites is 1. The number of hydrazone groups is 1. The zero-order chi connectivity index (χ0) is 18.8. The van der Waals surface area contributed by atoms with E-state index in [4.69, 9.17) is 0 Å². The minimum Gasteiger partial charge on any atom is -0.347 e. The number of nitrogens with zero attached hydrogens (tertiary/aromatic N) is 2. The molecule has 0 aliphatic heterocycles. The number of hydrogen-bond donors (Lipinski definition) is 1. The summed E-state index contributed by atoms with van der Waals surface area (Å²) in [5.41, 5.74) is 6.96. The van der Waals surface area contributed by atoms with Crippen LogP contribution in [0.5, 0.6) is 0 Å². The van der Waals surface area contributed by atoms with Gasteiger partial charge in [-0.2, -0.15) is 5.10 Å². The highest BCUT2D eigenvalue weighted by Gasteiger charge is 2.10. The molecule has 1 amide bonds. The standard InChI is InChI=1S/C23H21N3O/c1-16-21(20-12-5-6-13-22(20)26(16)2)15-24-25-23(27)14-18-10-7-9-17-8-3-4-11-19(17)18/h3-13,15H,14H2,1-2H3,(H,25,27)/b24-15+. The molecule has 0 unspecified atom stereocenters. The summed E-state index contributed by atoms with van der Waals surface area (Å²) in [5.74, 6) is -0.125. The van der Waals surface area contributed by atoms with E-state index in [0.29, 0.717) is 6.42 Å². The quantitative estimate of drug-likeness (QED) is 0.430. The van der Waals surface area contributed by atoms with Crippen molar-refractivity contribution >= 4 is 33.8 Å². The lowest BCUT2D eigenvalue weighted by Crippen LogP contribution is -2.20. The van der Waals surface area contributed by atoms with Crippen molar-refractivity contribution in [2.45, 2.75) is 13.3 Å². The Bertz CT molecular complexity index is 1170. The van der Waals surface area contributed by atoms with Crippen LogP contribution >= 0.6 is 0 Å². The van der Waals surface area contributed by atoms with Crippen LogP contribution in [0.4, 0.5) is 0 Å². The van der Waals surface area contributed by atoms with Gasteiger partial charge in [-0.05, 0) is 29.3 Å². The van der Waals surface area contributed by atoms with E-state index in [-0.39, 0.29) is 5.91 Å². The van der Waals surface area contributed by atoms with Crippen molar-refractivity contribution in [3.63, 3.8) is 0 Å². The van der Waals surface area contributed by atoms with Gasteiger partial charge in [0.1, 0.15) is 0 Å². The van der Waals surface area contributed by atoms with Crippen molar-refractivity contribution in [2.75, 3.05) is 0 Å². The number of rotatable bonds is 4. The number of fused-ring (bicyclic) bond motifs is 2. The first kappa shape index (κ1) is 17.0. The summed E-state index contributed by atoms with van der Waals surface area (Å²) in [6.07, 6.45) is 2.03. The molecule has 0 saturated carbocycles. The maximum absolute atomic E-state index is 12.4. The topological polar surface area (TPSA) is 46.4 Å². The molecule has 0 aliphatic carbocycles. The number of carbonyl (C=O) groups excluding carboxylic acids is 1. The Morgan fingerprint density at radius 2 is 1.70 bits per heavy atom. The Morgan fingerprint density at radius 1 is 1.00 bits per heavy atom. The van der Waals surface area contributed by atoms with E-state index in [1.807, 2.05) is 49.5 Å². The van der Waals surface area contributed by atoms with Crippen LogP contribution in [0, 0.1) is 6.92 Å². The fourth-order valence-electron chi connectivity index (χ4n) is 3.54. The molecule has 27 heavy (non-hydrogen) atoms. The molecule has 3 aromatic carbocycles. The molecule has 134 valence electrons. The Balaban J connectivity index is 1.52. The molecule has 4 aromatic rings. The second-order valence-corrected chi connectivity index (χ2v) is 6.68. The van der Waals surface area contributed by atoms with Crippen LogP contribution in [-0.2, 0) is 18.3 Å². The zero-order valence-corrected chi connectivity index (χ0v) is 15.4. The van der Waals surface area contributed by atoms with E-state index in [0.717, 1.165) is 38.5 Å². The van der Waals surface area contributed by atoms with Crippen molar-refractivity contribution < 1.29 is 4.79 Å². The monoisotopic (exact) mass is 355 g/mol. The third-order valence-electron chi connectivity index (χ3n) is 5.06. The van der Waals surface area contributed by atoms with Crippen molar-refractivity contribution in [3.05, 3.63) is 83.6 Å². The van der Waals surface area contributed by atoms with Gasteiger partial charge in [0.15, 0.2) is 0 Å². The van der Waals surface area contributed by atoms with Crippen molar-refractivity contribution in [3.8, 4) is 0 Å². The normalized spacial score (nSPS) is 11.5. The first-order chi connectivity index (χ1) is 13.1. The second-order valence-electron chi connectivity index (χ2n) is 6.68. The molecule has 0 bridgehead atoms. The minimum atomic E-state index is -0.125. The van der Waals surface area contributed by atoms with E-state index < -0.39 is 0 Å². The average Bonchev–Trinajstić information content (AvgIpc) is 2.93. The minimum absolute atomic E-state index is 0.125. The summed E-state index contributed by atoms with van der Waals surface area (Å²) in [7, 11) is 2.04. The van der Waals surface area contributed by atoms with Crippen molar-refractivity contribution in [1.82, 2.24) is 9.99 Å². The fourth-order valence-corrected chi connectivity index (χ4v) is 3.54. The maximum atomic E-state index is 12.4. The van der Waals surface area contributed by atoms with Gasteiger partial charge >= 0.3 is 0 Å². The highest BCUT2D eigenvalue weighted by molar-refractivity contribution is 6.01. The van der Waals surface area contributed by atoms with Crippen LogP contribution in [0.2, 0.25) is 0 Å². The maximum Gasteiger partial charge on any atom is 0.244 e. The number of benzene rings is 3. The SMILES string of the molecule is Cc1c(/C=N/NC(=O)Cc2cccc3ccccc23)c2ccccc2n1C. The molecule has 0 fully saturated rings. The molecule has 0 spiro atoms. The van der Waals surface area contributed by atoms with Crippen LogP contribution in [0.15, 0.2) is 71.8 Å². The third kappa shape index (κ3) is 3.22. The number of hydrogen-bond acceptors (Lipinski definition) is 2. The Morgan fingerprint density at radius 3 is 2.56 bits per heavy atom. The molecule has 0 atom stereocenters. The lowest BCUT2D eigenvalue weighted by molar-refractivity contribution is -0.120. The number of aromatic nitrogens is 1. The number of aryl methyl sites for hydroxylation is 1. The van der Waals surface area contributed by atoms with Crippen LogP contribution in [0.25, 0.3) is 21.7 Å². The highest BCUT2D eigenvalue weighted by atomic mass is 16.2. The van der Waals surface area contributed by atoms with Gasteiger partial charge in [-0.25, -0.2) is 5.43 Å². The molecule has 0 radical (unpaired) electrons. The van der Waals surface area contributed by atoms with E-state index >= 15 is 0 Å². The first-order valence-corrected chi connectivity index (χ1v) is 8.97. The summed E-state index contributed by atoms with van der Waals surface area (Å²) in [5, 5.41) is 7.57. The average molecular weight is 355 g/mol.